The zero-order valence-electron chi connectivity index (χ0n) is 16.1. The number of rotatable bonds is 4. The van der Waals surface area contributed by atoms with Gasteiger partial charge in [0.15, 0.2) is 0 Å². The van der Waals surface area contributed by atoms with Crippen molar-refractivity contribution in [2.24, 2.45) is 5.92 Å². The first-order chi connectivity index (χ1) is 14.0. The molecule has 0 radical (unpaired) electrons. The Hall–Kier alpha value is -2.51. The quantitative estimate of drug-likeness (QED) is 0.834. The molecule has 0 unspecified atom stereocenters. The molecule has 1 N–H and O–H groups in total. The van der Waals surface area contributed by atoms with Crippen LogP contribution in [-0.4, -0.2) is 37.0 Å². The largest absolute Gasteiger partial charge is 0.322 e. The fourth-order valence-electron chi connectivity index (χ4n) is 4.36. The molecule has 4 rings (SSSR count). The standard InChI is InChI=1S/C22H24N2O4S/c25-21-13-14-24(20-12-5-4-11-19(20)21)29(27,28)18-10-6-7-16(15-18)22(26)23-17-8-2-1-3-9-17/h1-3,6-10,15,19-20H,4-5,11-14H2,(H,23,26)/t19-,20+/m1/s1. The highest BCUT2D eigenvalue weighted by Gasteiger charge is 2.43. The van der Waals surface area contributed by atoms with Crippen molar-refractivity contribution < 1.29 is 18.0 Å². The number of carbonyl (C=O) groups is 2. The van der Waals surface area contributed by atoms with E-state index in [0.29, 0.717) is 12.1 Å². The van der Waals surface area contributed by atoms with Gasteiger partial charge in [0.25, 0.3) is 5.91 Å². The van der Waals surface area contributed by atoms with Crippen molar-refractivity contribution in [3.63, 3.8) is 0 Å². The van der Waals surface area contributed by atoms with Crippen molar-refractivity contribution >= 4 is 27.4 Å². The van der Waals surface area contributed by atoms with Crippen LogP contribution in [0.2, 0.25) is 0 Å². The van der Waals surface area contributed by atoms with Gasteiger partial charge in [-0.1, -0.05) is 37.1 Å². The molecule has 2 fully saturated rings. The van der Waals surface area contributed by atoms with E-state index < -0.39 is 10.0 Å². The highest BCUT2D eigenvalue weighted by atomic mass is 32.2. The second-order valence-corrected chi connectivity index (χ2v) is 9.53. The summed E-state index contributed by atoms with van der Waals surface area (Å²) < 4.78 is 28.2. The third-order valence-corrected chi connectivity index (χ3v) is 7.75. The van der Waals surface area contributed by atoms with Crippen LogP contribution in [0.5, 0.6) is 0 Å². The van der Waals surface area contributed by atoms with Crippen LogP contribution in [0.1, 0.15) is 42.5 Å². The molecule has 0 aromatic heterocycles. The van der Waals surface area contributed by atoms with Gasteiger partial charge in [-0.25, -0.2) is 8.42 Å². The summed E-state index contributed by atoms with van der Waals surface area (Å²) in [4.78, 5) is 25.0. The number of benzene rings is 2. The highest BCUT2D eigenvalue weighted by molar-refractivity contribution is 7.89. The highest BCUT2D eigenvalue weighted by Crippen LogP contribution is 2.36. The van der Waals surface area contributed by atoms with Crippen molar-refractivity contribution in [2.75, 3.05) is 11.9 Å². The average Bonchev–Trinajstić information content (AvgIpc) is 2.75. The van der Waals surface area contributed by atoms with Gasteiger partial charge in [-0.2, -0.15) is 4.31 Å². The van der Waals surface area contributed by atoms with Crippen molar-refractivity contribution in [1.29, 1.82) is 0 Å². The number of amides is 1. The van der Waals surface area contributed by atoms with E-state index in [1.54, 1.807) is 24.3 Å². The van der Waals surface area contributed by atoms with Gasteiger partial charge in [0, 0.05) is 36.2 Å². The minimum absolute atomic E-state index is 0.0943. The number of Topliss-reactive ketones (excluding diaryl/α,β-unsaturated/α-hetero) is 1. The Balaban J connectivity index is 1.59. The summed E-state index contributed by atoms with van der Waals surface area (Å²) in [5.41, 5.74) is 0.925. The lowest BCUT2D eigenvalue weighted by Gasteiger charge is -2.42. The fourth-order valence-corrected chi connectivity index (χ4v) is 6.10. The summed E-state index contributed by atoms with van der Waals surface area (Å²) in [6, 6.07) is 14.9. The maximum atomic E-state index is 13.4. The molecule has 1 amide bonds. The topological polar surface area (TPSA) is 83.6 Å². The molecule has 29 heavy (non-hydrogen) atoms. The molecule has 6 nitrogen and oxygen atoms in total. The zero-order chi connectivity index (χ0) is 20.4. The van der Waals surface area contributed by atoms with E-state index in [1.165, 1.54) is 16.4 Å². The molecule has 2 atom stereocenters. The van der Waals surface area contributed by atoms with E-state index in [9.17, 15) is 18.0 Å². The van der Waals surface area contributed by atoms with Gasteiger partial charge in [0.2, 0.25) is 10.0 Å². The Morgan fingerprint density at radius 3 is 2.55 bits per heavy atom. The van der Waals surface area contributed by atoms with Crippen LogP contribution >= 0.6 is 0 Å². The van der Waals surface area contributed by atoms with E-state index in [-0.39, 0.29) is 47.1 Å². The third-order valence-electron chi connectivity index (χ3n) is 5.83. The number of piperidine rings is 1. The Labute approximate surface area is 171 Å². The Morgan fingerprint density at radius 2 is 1.76 bits per heavy atom. The van der Waals surface area contributed by atoms with Gasteiger partial charge in [-0.15, -0.1) is 0 Å². The number of carbonyl (C=O) groups excluding carboxylic acids is 2. The minimum atomic E-state index is -3.78. The van der Waals surface area contributed by atoms with Crippen LogP contribution in [-0.2, 0) is 14.8 Å². The molecule has 1 aliphatic heterocycles. The summed E-state index contributed by atoms with van der Waals surface area (Å²) in [6.07, 6.45) is 3.63. The molecule has 2 aliphatic rings. The summed E-state index contributed by atoms with van der Waals surface area (Å²) in [7, 11) is -3.78. The van der Waals surface area contributed by atoms with Crippen LogP contribution in [0.25, 0.3) is 0 Å². The number of para-hydroxylation sites is 1. The van der Waals surface area contributed by atoms with E-state index in [4.69, 9.17) is 0 Å². The van der Waals surface area contributed by atoms with Crippen LogP contribution in [0.15, 0.2) is 59.5 Å². The first-order valence-electron chi connectivity index (χ1n) is 9.98. The van der Waals surface area contributed by atoms with Gasteiger partial charge in [-0.3, -0.25) is 9.59 Å². The van der Waals surface area contributed by atoms with Crippen molar-refractivity contribution in [3.8, 4) is 0 Å². The van der Waals surface area contributed by atoms with Gasteiger partial charge >= 0.3 is 0 Å². The lowest BCUT2D eigenvalue weighted by atomic mass is 9.79. The second-order valence-electron chi connectivity index (χ2n) is 7.64. The smallest absolute Gasteiger partial charge is 0.255 e. The van der Waals surface area contributed by atoms with Crippen LogP contribution < -0.4 is 5.32 Å². The number of sulfonamides is 1. The lowest BCUT2D eigenvalue weighted by molar-refractivity contribution is -0.128. The SMILES string of the molecule is O=C(Nc1ccccc1)c1cccc(S(=O)(=O)N2CCC(=O)[C@@H]3CCCC[C@@H]32)c1. The number of nitrogens with zero attached hydrogens (tertiary/aromatic N) is 1. The molecule has 0 spiro atoms. The van der Waals surface area contributed by atoms with Crippen LogP contribution in [0.4, 0.5) is 5.69 Å². The molecule has 1 saturated carbocycles. The molecule has 0 bridgehead atoms. The Morgan fingerprint density at radius 1 is 1.00 bits per heavy atom. The van der Waals surface area contributed by atoms with E-state index in [1.807, 2.05) is 18.2 Å². The molecule has 2 aromatic rings. The average molecular weight is 413 g/mol. The van der Waals surface area contributed by atoms with E-state index in [0.717, 1.165) is 19.3 Å². The number of ketones is 1. The Kier molecular flexibility index (Phi) is 5.52. The van der Waals surface area contributed by atoms with E-state index >= 15 is 0 Å². The maximum absolute atomic E-state index is 13.4. The van der Waals surface area contributed by atoms with Crippen LogP contribution in [0.3, 0.4) is 0 Å². The number of hydrogen-bond acceptors (Lipinski definition) is 4. The van der Waals surface area contributed by atoms with Crippen LogP contribution in [0, 0.1) is 5.92 Å². The van der Waals surface area contributed by atoms with Gasteiger partial charge < -0.3 is 5.32 Å². The molecule has 1 saturated heterocycles. The van der Waals surface area contributed by atoms with E-state index in [2.05, 4.69) is 5.32 Å². The number of fused-ring (bicyclic) bond motifs is 1. The Bertz CT molecular complexity index is 1020. The van der Waals surface area contributed by atoms with Crippen molar-refractivity contribution in [3.05, 3.63) is 60.2 Å². The first kappa shape index (κ1) is 19.8. The number of nitrogens with one attached hydrogen (secondary N) is 1. The minimum Gasteiger partial charge on any atom is -0.322 e. The summed E-state index contributed by atoms with van der Waals surface area (Å²) in [5.74, 6) is -0.383. The molecular weight excluding hydrogens is 388 g/mol. The molecular formula is C22H24N2O4S. The number of anilines is 1. The zero-order valence-corrected chi connectivity index (χ0v) is 16.9. The van der Waals surface area contributed by atoms with Gasteiger partial charge in [0.1, 0.15) is 5.78 Å². The lowest BCUT2D eigenvalue weighted by Crippen LogP contribution is -2.53. The molecule has 152 valence electrons. The predicted octanol–water partition coefficient (Wildman–Crippen LogP) is 3.46. The molecule has 7 heteroatoms. The maximum Gasteiger partial charge on any atom is 0.255 e. The van der Waals surface area contributed by atoms with Crippen molar-refractivity contribution in [1.82, 2.24) is 4.31 Å². The predicted molar refractivity (Wildman–Crippen MR) is 110 cm³/mol. The van der Waals surface area contributed by atoms with Crippen molar-refractivity contribution in [2.45, 2.75) is 43.0 Å². The first-order valence-corrected chi connectivity index (χ1v) is 11.4. The monoisotopic (exact) mass is 412 g/mol. The normalized spacial score (nSPS) is 22.7. The van der Waals surface area contributed by atoms with Gasteiger partial charge in [0.05, 0.1) is 4.90 Å². The third kappa shape index (κ3) is 3.97. The summed E-state index contributed by atoms with van der Waals surface area (Å²) in [6.45, 7) is 0.211. The molecule has 1 aliphatic carbocycles. The summed E-state index contributed by atoms with van der Waals surface area (Å²) in [5, 5.41) is 2.78. The second kappa shape index (κ2) is 8.08. The summed E-state index contributed by atoms with van der Waals surface area (Å²) >= 11 is 0. The molecule has 1 heterocycles. The number of hydrogen-bond donors (Lipinski definition) is 1. The van der Waals surface area contributed by atoms with Gasteiger partial charge in [-0.05, 0) is 43.2 Å². The molecule has 2 aromatic carbocycles. The fraction of sp³-hybridized carbons (Fsp3) is 0.364.